The van der Waals surface area contributed by atoms with Crippen molar-refractivity contribution in [2.75, 3.05) is 11.4 Å². The summed E-state index contributed by atoms with van der Waals surface area (Å²) >= 11 is 6.02. The molecule has 0 bridgehead atoms. The van der Waals surface area contributed by atoms with E-state index in [1.165, 1.54) is 6.26 Å². The van der Waals surface area contributed by atoms with E-state index < -0.39 is 5.97 Å². The Kier molecular flexibility index (Phi) is 3.66. The van der Waals surface area contributed by atoms with Crippen LogP contribution in [0.5, 0.6) is 0 Å². The number of amides is 1. The maximum atomic E-state index is 12.8. The standard InChI is InChI=1S/C16H14ClNO4/c1-9-8-22-13(7-14(19)20)15(9)16(21)18-5-4-10-2-3-11(17)6-12(10)18/h2-3,6,8H,4-5,7H2,1H3,(H,19,20). The van der Waals surface area contributed by atoms with Gasteiger partial charge in [-0.2, -0.15) is 0 Å². The molecule has 1 aliphatic rings. The maximum Gasteiger partial charge on any atom is 0.311 e. The van der Waals surface area contributed by atoms with Crippen LogP contribution in [0.15, 0.2) is 28.9 Å². The monoisotopic (exact) mass is 319 g/mol. The summed E-state index contributed by atoms with van der Waals surface area (Å²) in [6.07, 6.45) is 1.86. The Labute approximate surface area is 132 Å². The number of nitrogens with zero attached hydrogens (tertiary/aromatic N) is 1. The Morgan fingerprint density at radius 1 is 1.41 bits per heavy atom. The molecule has 1 aliphatic heterocycles. The van der Waals surface area contributed by atoms with Crippen molar-refractivity contribution in [1.29, 1.82) is 0 Å². The van der Waals surface area contributed by atoms with Gasteiger partial charge in [-0.05, 0) is 31.0 Å². The number of hydrogen-bond acceptors (Lipinski definition) is 3. The minimum atomic E-state index is -1.03. The first-order valence-electron chi connectivity index (χ1n) is 6.86. The fraction of sp³-hybridized carbons (Fsp3) is 0.250. The predicted molar refractivity (Wildman–Crippen MR) is 81.6 cm³/mol. The first-order valence-corrected chi connectivity index (χ1v) is 7.24. The third-order valence-electron chi connectivity index (χ3n) is 3.76. The minimum absolute atomic E-state index is 0.186. The zero-order valence-corrected chi connectivity index (χ0v) is 12.7. The summed E-state index contributed by atoms with van der Waals surface area (Å²) in [5, 5.41) is 9.50. The molecule has 0 unspecified atom stereocenters. The largest absolute Gasteiger partial charge is 0.481 e. The van der Waals surface area contributed by atoms with Gasteiger partial charge < -0.3 is 14.4 Å². The molecule has 1 aromatic heterocycles. The average Bonchev–Trinajstić information content (AvgIpc) is 3.01. The van der Waals surface area contributed by atoms with Crippen LogP contribution in [0.3, 0.4) is 0 Å². The van der Waals surface area contributed by atoms with Gasteiger partial charge in [0.1, 0.15) is 12.2 Å². The van der Waals surface area contributed by atoms with Crippen LogP contribution in [0, 0.1) is 6.92 Å². The Morgan fingerprint density at radius 3 is 2.91 bits per heavy atom. The number of furan rings is 1. The van der Waals surface area contributed by atoms with Crippen molar-refractivity contribution in [2.24, 2.45) is 0 Å². The van der Waals surface area contributed by atoms with Crippen LogP contribution in [0.1, 0.15) is 27.2 Å². The van der Waals surface area contributed by atoms with Crippen LogP contribution in [0.2, 0.25) is 5.02 Å². The van der Waals surface area contributed by atoms with Crippen LogP contribution in [-0.4, -0.2) is 23.5 Å². The molecule has 2 aromatic rings. The van der Waals surface area contributed by atoms with Gasteiger partial charge in [-0.3, -0.25) is 9.59 Å². The van der Waals surface area contributed by atoms with Gasteiger partial charge in [0.2, 0.25) is 0 Å². The molecule has 114 valence electrons. The smallest absolute Gasteiger partial charge is 0.311 e. The average molecular weight is 320 g/mol. The highest BCUT2D eigenvalue weighted by molar-refractivity contribution is 6.31. The first-order chi connectivity index (χ1) is 10.5. The van der Waals surface area contributed by atoms with Gasteiger partial charge in [0.05, 0.1) is 11.8 Å². The van der Waals surface area contributed by atoms with E-state index in [9.17, 15) is 9.59 Å². The number of aryl methyl sites for hydroxylation is 1. The summed E-state index contributed by atoms with van der Waals surface area (Å²) in [6.45, 7) is 2.28. The second-order valence-corrected chi connectivity index (χ2v) is 5.70. The van der Waals surface area contributed by atoms with E-state index in [-0.39, 0.29) is 18.1 Å². The van der Waals surface area contributed by atoms with E-state index in [4.69, 9.17) is 21.1 Å². The lowest BCUT2D eigenvalue weighted by atomic mass is 10.1. The quantitative estimate of drug-likeness (QED) is 0.943. The molecule has 5 nitrogen and oxygen atoms in total. The molecular formula is C16H14ClNO4. The van der Waals surface area contributed by atoms with Crippen molar-refractivity contribution >= 4 is 29.2 Å². The number of aliphatic carboxylic acids is 1. The number of carboxylic acids is 1. The van der Waals surface area contributed by atoms with Gasteiger partial charge in [-0.1, -0.05) is 17.7 Å². The SMILES string of the molecule is Cc1coc(CC(=O)O)c1C(=O)N1CCc2ccc(Cl)cc21. The molecule has 0 atom stereocenters. The summed E-state index contributed by atoms with van der Waals surface area (Å²) < 4.78 is 5.24. The van der Waals surface area contributed by atoms with Crippen molar-refractivity contribution < 1.29 is 19.1 Å². The number of hydrogen-bond donors (Lipinski definition) is 1. The summed E-state index contributed by atoms with van der Waals surface area (Å²) in [6, 6.07) is 5.47. The highest BCUT2D eigenvalue weighted by Crippen LogP contribution is 2.33. The van der Waals surface area contributed by atoms with Crippen molar-refractivity contribution in [2.45, 2.75) is 19.8 Å². The summed E-state index contributed by atoms with van der Waals surface area (Å²) in [5.74, 6) is -1.10. The van der Waals surface area contributed by atoms with Crippen molar-refractivity contribution in [1.82, 2.24) is 0 Å². The number of rotatable bonds is 3. The first kappa shape index (κ1) is 14.7. The fourth-order valence-corrected chi connectivity index (χ4v) is 2.92. The highest BCUT2D eigenvalue weighted by Gasteiger charge is 2.30. The van der Waals surface area contributed by atoms with E-state index in [2.05, 4.69) is 0 Å². The van der Waals surface area contributed by atoms with Crippen molar-refractivity contribution in [3.63, 3.8) is 0 Å². The molecular weight excluding hydrogens is 306 g/mol. The molecule has 22 heavy (non-hydrogen) atoms. The van der Waals surface area contributed by atoms with Crippen molar-refractivity contribution in [3.8, 4) is 0 Å². The lowest BCUT2D eigenvalue weighted by molar-refractivity contribution is -0.136. The van der Waals surface area contributed by atoms with Crippen LogP contribution in [0.25, 0.3) is 0 Å². The third kappa shape index (κ3) is 2.48. The number of anilines is 1. The molecule has 0 saturated heterocycles. The minimum Gasteiger partial charge on any atom is -0.481 e. The summed E-state index contributed by atoms with van der Waals surface area (Å²) in [5.41, 5.74) is 2.80. The molecule has 0 radical (unpaired) electrons. The van der Waals surface area contributed by atoms with E-state index in [0.29, 0.717) is 22.7 Å². The Morgan fingerprint density at radius 2 is 2.18 bits per heavy atom. The van der Waals surface area contributed by atoms with Crippen LogP contribution >= 0.6 is 11.6 Å². The molecule has 6 heteroatoms. The van der Waals surface area contributed by atoms with Crippen LogP contribution in [-0.2, 0) is 17.6 Å². The fourth-order valence-electron chi connectivity index (χ4n) is 2.75. The number of fused-ring (bicyclic) bond motifs is 1. The second-order valence-electron chi connectivity index (χ2n) is 5.27. The normalized spacial score (nSPS) is 13.3. The topological polar surface area (TPSA) is 70.7 Å². The number of carbonyl (C=O) groups excluding carboxylic acids is 1. The zero-order chi connectivity index (χ0) is 15.9. The summed E-state index contributed by atoms with van der Waals surface area (Å²) in [4.78, 5) is 25.4. The second kappa shape index (κ2) is 5.50. The van der Waals surface area contributed by atoms with Gasteiger partial charge >= 0.3 is 5.97 Å². The van der Waals surface area contributed by atoms with Crippen LogP contribution < -0.4 is 4.90 Å². The molecule has 2 heterocycles. The number of halogens is 1. The third-order valence-corrected chi connectivity index (χ3v) is 4.00. The maximum absolute atomic E-state index is 12.8. The Bertz CT molecular complexity index is 766. The molecule has 1 amide bonds. The number of benzene rings is 1. The van der Waals surface area contributed by atoms with Gasteiger partial charge in [0.15, 0.2) is 0 Å². The molecule has 0 aliphatic carbocycles. The van der Waals surface area contributed by atoms with Gasteiger partial charge in [-0.25, -0.2) is 0 Å². The molecule has 0 saturated carbocycles. The summed E-state index contributed by atoms with van der Waals surface area (Å²) in [7, 11) is 0. The van der Waals surface area contributed by atoms with Crippen molar-refractivity contribution in [3.05, 3.63) is 51.9 Å². The predicted octanol–water partition coefficient (Wildman–Crippen LogP) is 3.07. The lowest BCUT2D eigenvalue weighted by Gasteiger charge is -2.18. The van der Waals surface area contributed by atoms with Gasteiger partial charge in [0.25, 0.3) is 5.91 Å². The Hall–Kier alpha value is -2.27. The number of carbonyl (C=O) groups is 2. The molecule has 3 rings (SSSR count). The zero-order valence-electron chi connectivity index (χ0n) is 11.9. The number of carboxylic acid groups (broad SMARTS) is 1. The highest BCUT2D eigenvalue weighted by atomic mass is 35.5. The van der Waals surface area contributed by atoms with Gasteiger partial charge in [0, 0.05) is 22.8 Å². The Balaban J connectivity index is 1.99. The van der Waals surface area contributed by atoms with Gasteiger partial charge in [-0.15, -0.1) is 0 Å². The van der Waals surface area contributed by atoms with E-state index in [0.717, 1.165) is 17.7 Å². The van der Waals surface area contributed by atoms with Crippen LogP contribution in [0.4, 0.5) is 5.69 Å². The van der Waals surface area contributed by atoms with E-state index in [1.807, 2.05) is 6.07 Å². The lowest BCUT2D eigenvalue weighted by Crippen LogP contribution is -2.30. The molecule has 0 fully saturated rings. The van der Waals surface area contributed by atoms with E-state index in [1.54, 1.807) is 24.0 Å². The molecule has 1 N–H and O–H groups in total. The van der Waals surface area contributed by atoms with E-state index >= 15 is 0 Å². The molecule has 0 spiro atoms. The molecule has 1 aromatic carbocycles.